The number of carbonyl (C=O) groups is 2. The van der Waals surface area contributed by atoms with Gasteiger partial charge in [-0.05, 0) is 109 Å². The van der Waals surface area contributed by atoms with Crippen LogP contribution >= 0.6 is 0 Å². The van der Waals surface area contributed by atoms with Crippen LogP contribution in [-0.2, 0) is 23.8 Å². The molecule has 11 nitrogen and oxygen atoms in total. The Labute approximate surface area is 524 Å². The topological polar surface area (TPSA) is 175 Å². The summed E-state index contributed by atoms with van der Waals surface area (Å²) >= 11 is 0. The Hall–Kier alpha value is -4.20. The molecule has 0 aromatic carbocycles. The van der Waals surface area contributed by atoms with Crippen LogP contribution in [0, 0.1) is 0 Å². The molecule has 0 saturated carbocycles. The summed E-state index contributed by atoms with van der Waals surface area (Å²) in [6.45, 7) is 5.61. The molecule has 8 atom stereocenters. The van der Waals surface area contributed by atoms with Gasteiger partial charge in [0, 0.05) is 6.42 Å². The van der Waals surface area contributed by atoms with Crippen LogP contribution in [0.15, 0.2) is 134 Å². The maximum absolute atomic E-state index is 13.5. The highest BCUT2D eigenvalue weighted by molar-refractivity contribution is 5.80. The van der Waals surface area contributed by atoms with Gasteiger partial charge in [-0.3, -0.25) is 9.59 Å². The molecule has 8 unspecified atom stereocenters. The molecule has 0 aliphatic carbocycles. The third-order valence-electron chi connectivity index (χ3n) is 15.3. The van der Waals surface area contributed by atoms with E-state index >= 15 is 0 Å². The Morgan fingerprint density at radius 1 is 0.465 bits per heavy atom. The van der Waals surface area contributed by atoms with E-state index in [1.807, 2.05) is 18.2 Å². The lowest BCUT2D eigenvalue weighted by molar-refractivity contribution is -0.305. The van der Waals surface area contributed by atoms with Crippen LogP contribution in [0.5, 0.6) is 0 Å². The zero-order chi connectivity index (χ0) is 62.4. The van der Waals surface area contributed by atoms with Crippen molar-refractivity contribution in [2.24, 2.45) is 0 Å². The first kappa shape index (κ1) is 79.8. The van der Waals surface area contributed by atoms with Gasteiger partial charge in [0.1, 0.15) is 24.4 Å². The molecule has 86 heavy (non-hydrogen) atoms. The van der Waals surface area contributed by atoms with Crippen molar-refractivity contribution < 1.29 is 49.3 Å². The highest BCUT2D eigenvalue weighted by atomic mass is 16.7. The van der Waals surface area contributed by atoms with Crippen LogP contribution in [0.25, 0.3) is 0 Å². The van der Waals surface area contributed by atoms with Crippen molar-refractivity contribution >= 4 is 11.9 Å². The molecule has 0 spiro atoms. The van der Waals surface area contributed by atoms with E-state index in [4.69, 9.17) is 14.2 Å². The van der Waals surface area contributed by atoms with E-state index < -0.39 is 67.4 Å². The van der Waals surface area contributed by atoms with Crippen molar-refractivity contribution in [3.63, 3.8) is 0 Å². The molecule has 0 aromatic rings. The van der Waals surface area contributed by atoms with E-state index in [1.54, 1.807) is 6.08 Å². The van der Waals surface area contributed by atoms with Crippen molar-refractivity contribution in [1.29, 1.82) is 0 Å². The number of aliphatic hydroxyl groups is 5. The minimum Gasteiger partial charge on any atom is -0.454 e. The summed E-state index contributed by atoms with van der Waals surface area (Å²) < 4.78 is 17.6. The van der Waals surface area contributed by atoms with Gasteiger partial charge in [-0.15, -0.1) is 0 Å². The minimum atomic E-state index is -1.65. The summed E-state index contributed by atoms with van der Waals surface area (Å²) in [6.07, 6.45) is 76.4. The average Bonchev–Trinajstić information content (AvgIpc) is 3.01. The van der Waals surface area contributed by atoms with E-state index in [9.17, 15) is 35.1 Å². The summed E-state index contributed by atoms with van der Waals surface area (Å²) in [7, 11) is 0. The van der Waals surface area contributed by atoms with Gasteiger partial charge in [0.25, 0.3) is 0 Å². The lowest BCUT2D eigenvalue weighted by Crippen LogP contribution is -2.61. The zero-order valence-corrected chi connectivity index (χ0v) is 54.4. The number of nitrogens with one attached hydrogen (secondary N) is 1. The SMILES string of the molecule is CC/C=C\C/C=C\C/C=C\C/C=C\C/C=C\C/C=C\CCC(=O)OC1C(OCC(NC(=O)C(O)CCCCCCCCCCCC/C=C\C/C=C\C/C=C\C/C=C\CCCCC)C(O)/C=C/CCCCCCCCCCCC)OC(CO)C(O)C1O. The molecule has 0 radical (unpaired) electrons. The molecule has 1 fully saturated rings. The van der Waals surface area contributed by atoms with Gasteiger partial charge < -0.3 is 45.1 Å². The molecular formula is C75H125NO10. The Kier molecular flexibility index (Phi) is 56.7. The van der Waals surface area contributed by atoms with Crippen LogP contribution in [0.3, 0.4) is 0 Å². The van der Waals surface area contributed by atoms with Crippen molar-refractivity contribution in [2.75, 3.05) is 13.2 Å². The van der Waals surface area contributed by atoms with E-state index in [0.717, 1.165) is 103 Å². The van der Waals surface area contributed by atoms with Gasteiger partial charge >= 0.3 is 5.97 Å². The molecule has 1 amide bonds. The smallest absolute Gasteiger partial charge is 0.306 e. The highest BCUT2D eigenvalue weighted by Gasteiger charge is 2.47. The fraction of sp³-hybridized carbons (Fsp3) is 0.680. The first-order chi connectivity index (χ1) is 42.2. The summed E-state index contributed by atoms with van der Waals surface area (Å²) in [5.74, 6) is -1.29. The van der Waals surface area contributed by atoms with E-state index in [1.165, 1.54) is 109 Å². The Morgan fingerprint density at radius 2 is 0.837 bits per heavy atom. The second-order valence-corrected chi connectivity index (χ2v) is 23.2. The van der Waals surface area contributed by atoms with Crippen molar-refractivity contribution in [3.05, 3.63) is 134 Å². The van der Waals surface area contributed by atoms with E-state index in [-0.39, 0.29) is 19.4 Å². The predicted octanol–water partition coefficient (Wildman–Crippen LogP) is 17.6. The minimum absolute atomic E-state index is 0.00850. The molecule has 1 aliphatic rings. The number of rotatable bonds is 57. The normalized spacial score (nSPS) is 19.2. The molecule has 1 saturated heterocycles. The molecule has 0 bridgehead atoms. The summed E-state index contributed by atoms with van der Waals surface area (Å²) in [5.41, 5.74) is 0. The number of esters is 1. The number of hydrogen-bond acceptors (Lipinski definition) is 10. The maximum Gasteiger partial charge on any atom is 0.306 e. The van der Waals surface area contributed by atoms with Crippen molar-refractivity contribution in [3.8, 4) is 0 Å². The third-order valence-corrected chi connectivity index (χ3v) is 15.3. The molecular weight excluding hydrogens is 1070 g/mol. The molecule has 11 heteroatoms. The van der Waals surface area contributed by atoms with Crippen LogP contribution in [0.2, 0.25) is 0 Å². The van der Waals surface area contributed by atoms with Gasteiger partial charge in [-0.25, -0.2) is 0 Å². The van der Waals surface area contributed by atoms with E-state index in [2.05, 4.69) is 135 Å². The van der Waals surface area contributed by atoms with Gasteiger partial charge in [-0.1, -0.05) is 283 Å². The number of ether oxygens (including phenoxy) is 3. The van der Waals surface area contributed by atoms with Gasteiger partial charge in [0.05, 0.1) is 25.4 Å². The lowest BCUT2D eigenvalue weighted by atomic mass is 9.99. The van der Waals surface area contributed by atoms with Crippen LogP contribution < -0.4 is 5.32 Å². The van der Waals surface area contributed by atoms with Crippen LogP contribution in [0.4, 0.5) is 0 Å². The summed E-state index contributed by atoms with van der Waals surface area (Å²) in [4.78, 5) is 26.6. The molecule has 490 valence electrons. The third kappa shape index (κ3) is 47.8. The number of allylic oxidation sites excluding steroid dienone is 21. The number of unbranched alkanes of at least 4 members (excludes halogenated alkanes) is 23. The van der Waals surface area contributed by atoms with Gasteiger partial charge in [0.15, 0.2) is 12.4 Å². The molecule has 1 aliphatic heterocycles. The Bertz CT molecular complexity index is 1910. The lowest BCUT2D eigenvalue weighted by Gasteiger charge is -2.41. The average molecular weight is 1200 g/mol. The quantitative estimate of drug-likeness (QED) is 0.0195. The van der Waals surface area contributed by atoms with Gasteiger partial charge in [0.2, 0.25) is 5.91 Å². The summed E-state index contributed by atoms with van der Waals surface area (Å²) in [5, 5.41) is 57.1. The number of carbonyl (C=O) groups excluding carboxylic acids is 2. The van der Waals surface area contributed by atoms with Gasteiger partial charge in [-0.2, -0.15) is 0 Å². The monoisotopic (exact) mass is 1200 g/mol. The second-order valence-electron chi connectivity index (χ2n) is 23.2. The van der Waals surface area contributed by atoms with E-state index in [0.29, 0.717) is 19.3 Å². The van der Waals surface area contributed by atoms with Crippen LogP contribution in [-0.4, -0.2) is 99.6 Å². The molecule has 6 N–H and O–H groups in total. The number of hydrogen-bond donors (Lipinski definition) is 6. The molecule has 1 rings (SSSR count). The largest absolute Gasteiger partial charge is 0.454 e. The predicted molar refractivity (Wildman–Crippen MR) is 361 cm³/mol. The molecule has 1 heterocycles. The Balaban J connectivity index is 2.64. The maximum atomic E-state index is 13.5. The molecule has 0 aromatic heterocycles. The first-order valence-electron chi connectivity index (χ1n) is 34.5. The fourth-order valence-corrected chi connectivity index (χ4v) is 9.90. The Morgan fingerprint density at radius 3 is 1.28 bits per heavy atom. The zero-order valence-electron chi connectivity index (χ0n) is 54.4. The number of aliphatic hydroxyl groups excluding tert-OH is 5. The standard InChI is InChI=1S/C75H125NO10/c1-4-7-10-13-16-19-22-25-27-29-31-32-33-34-35-36-37-39-40-42-44-47-50-53-56-59-62-68(79)74(83)76-66(67(78)61-58-55-52-49-46-24-21-18-15-12-9-6-3)65-84-75-73(72(82)71(81)69(64-77)85-75)86-70(80)63-60-57-54-51-48-45-43-41-38-30-28-26-23-20-17-14-11-8-5-2/h8,11,16-17,19-20,25-28,31-32,34-35,38,41,45,48,54,57-58,61,66-69,71-73,75,77-79,81-82H,4-7,9-10,12-15,18,21-24,29-30,33,36-37,39-40,42-44,46-47,49-53,55-56,59-60,62-65H2,1-3H3,(H,76,83)/b11-8-,19-16-,20-17-,27-25-,28-26-,32-31-,35-34-,41-38-,48-45-,57-54-,61-58+. The van der Waals surface area contributed by atoms with Crippen molar-refractivity contribution in [2.45, 2.75) is 314 Å². The second kappa shape index (κ2) is 61.1. The highest BCUT2D eigenvalue weighted by Crippen LogP contribution is 2.26. The van der Waals surface area contributed by atoms with Crippen LogP contribution in [0.1, 0.15) is 265 Å². The first-order valence-corrected chi connectivity index (χ1v) is 34.5. The number of amides is 1. The fourth-order valence-electron chi connectivity index (χ4n) is 9.90. The summed E-state index contributed by atoms with van der Waals surface area (Å²) in [6, 6.07) is -1.05. The van der Waals surface area contributed by atoms with Crippen molar-refractivity contribution in [1.82, 2.24) is 5.32 Å².